The fourth-order valence-corrected chi connectivity index (χ4v) is 2.28. The molecule has 2 aliphatic heterocycles. The summed E-state index contributed by atoms with van der Waals surface area (Å²) in [6.07, 6.45) is 6.10. The van der Waals surface area contributed by atoms with Crippen LogP contribution in [0.2, 0.25) is 0 Å². The summed E-state index contributed by atoms with van der Waals surface area (Å²) in [6.45, 7) is 0.531. The van der Waals surface area contributed by atoms with E-state index in [9.17, 15) is 9.59 Å². The van der Waals surface area contributed by atoms with E-state index in [1.54, 1.807) is 12.2 Å². The minimum Gasteiger partial charge on any atom is -0.453 e. The molecule has 1 aliphatic carbocycles. The van der Waals surface area contributed by atoms with Crippen molar-refractivity contribution in [1.29, 1.82) is 0 Å². The number of hydrogen-bond donors (Lipinski definition) is 4. The normalized spacial score (nSPS) is 25.7. The van der Waals surface area contributed by atoms with Gasteiger partial charge in [-0.3, -0.25) is 10.1 Å². The summed E-state index contributed by atoms with van der Waals surface area (Å²) in [4.78, 5) is 30.7. The summed E-state index contributed by atoms with van der Waals surface area (Å²) in [7, 11) is 1.27. The predicted octanol–water partition coefficient (Wildman–Crippen LogP) is 0.445. The van der Waals surface area contributed by atoms with Crippen LogP contribution in [0.15, 0.2) is 30.1 Å². The lowest BCUT2D eigenvalue weighted by atomic mass is 10.3. The number of nitrogens with two attached hydrogens (primary N) is 1. The van der Waals surface area contributed by atoms with E-state index in [1.165, 1.54) is 13.3 Å². The van der Waals surface area contributed by atoms with Crippen molar-refractivity contribution in [1.82, 2.24) is 20.6 Å². The quantitative estimate of drug-likeness (QED) is 0.593. The Labute approximate surface area is 144 Å². The Hall–Kier alpha value is -2.91. The largest absolute Gasteiger partial charge is 0.453 e. The van der Waals surface area contributed by atoms with Gasteiger partial charge in [0.05, 0.1) is 44.2 Å². The van der Waals surface area contributed by atoms with Crippen molar-refractivity contribution in [3.8, 4) is 0 Å². The Morgan fingerprint density at radius 3 is 3.04 bits per heavy atom. The Morgan fingerprint density at radius 2 is 2.32 bits per heavy atom. The number of methoxy groups -OCH3 is 1. The first-order valence-electron chi connectivity index (χ1n) is 7.75. The molecule has 1 aromatic heterocycles. The molecule has 3 heterocycles. The van der Waals surface area contributed by atoms with Crippen molar-refractivity contribution in [2.75, 3.05) is 20.3 Å². The number of carbonyl (C=O) groups is 2. The highest BCUT2D eigenvalue weighted by atomic mass is 16.5. The molecule has 0 aromatic carbocycles. The maximum Gasteiger partial charge on any atom is 0.411 e. The zero-order chi connectivity index (χ0) is 17.8. The summed E-state index contributed by atoms with van der Waals surface area (Å²) in [5.74, 6) is 0.440. The molecule has 0 saturated heterocycles. The van der Waals surface area contributed by atoms with E-state index in [2.05, 4.69) is 25.3 Å². The first-order valence-corrected chi connectivity index (χ1v) is 7.75. The number of H-pyrrole nitrogens is 1. The average molecular weight is 345 g/mol. The molecule has 0 saturated carbocycles. The van der Waals surface area contributed by atoms with Gasteiger partial charge in [-0.1, -0.05) is 0 Å². The van der Waals surface area contributed by atoms with E-state index in [0.29, 0.717) is 11.5 Å². The van der Waals surface area contributed by atoms with E-state index < -0.39 is 6.09 Å². The standard InChI is InChI=1S/C16H19N5O4/c1-24-16(23)19-9-2-3-10-13-14(10)21-15(20-13)11(17)8-25-7-5-12(22)18-6-4-9/h2-4,6,11H,5,7-8,17H2,1H3,(H,18,22)(H,19,23)(H,20,21)/b6-4+,9-2-/t11-/m0/s1. The number of hydrogen-bond acceptors (Lipinski definition) is 6. The molecule has 4 rings (SSSR count). The van der Waals surface area contributed by atoms with Crippen molar-refractivity contribution < 1.29 is 19.1 Å². The topological polar surface area (TPSA) is 131 Å². The van der Waals surface area contributed by atoms with Crippen LogP contribution < -0.4 is 16.4 Å². The molecule has 3 aliphatic rings. The fraction of sp³-hybridized carbons (Fsp3) is 0.312. The van der Waals surface area contributed by atoms with Gasteiger partial charge in [0.15, 0.2) is 0 Å². The average Bonchev–Trinajstić information content (AvgIpc) is 3.04. The van der Waals surface area contributed by atoms with Gasteiger partial charge in [-0.25, -0.2) is 9.78 Å². The van der Waals surface area contributed by atoms with Gasteiger partial charge < -0.3 is 25.5 Å². The van der Waals surface area contributed by atoms with Gasteiger partial charge in [0.2, 0.25) is 5.91 Å². The van der Waals surface area contributed by atoms with Crippen molar-refractivity contribution >= 4 is 17.6 Å². The van der Waals surface area contributed by atoms with Crippen LogP contribution in [0.5, 0.6) is 0 Å². The maximum absolute atomic E-state index is 11.7. The second kappa shape index (κ2) is 7.32. The molecule has 9 heteroatoms. The van der Waals surface area contributed by atoms with Crippen LogP contribution in [-0.4, -0.2) is 42.3 Å². The van der Waals surface area contributed by atoms with Crippen LogP contribution in [0.4, 0.5) is 4.79 Å². The molecule has 1 atom stereocenters. The minimum atomic E-state index is -0.607. The smallest absolute Gasteiger partial charge is 0.411 e. The first-order chi connectivity index (χ1) is 12.1. The second-order valence-corrected chi connectivity index (χ2v) is 5.50. The third kappa shape index (κ3) is 4.14. The SMILES string of the molecule is COC(=O)NC1=C\C=C2/c3nc([nH]c32)[C@@H](N)COCCC(=O)N\C=C\1. The van der Waals surface area contributed by atoms with Gasteiger partial charge in [0, 0.05) is 17.5 Å². The van der Waals surface area contributed by atoms with Crippen LogP contribution in [-0.2, 0) is 14.3 Å². The molecule has 132 valence electrons. The summed E-state index contributed by atoms with van der Waals surface area (Å²) in [5, 5.41) is 5.16. The highest BCUT2D eigenvalue weighted by Crippen LogP contribution is 2.40. The van der Waals surface area contributed by atoms with E-state index >= 15 is 0 Å². The first kappa shape index (κ1) is 16.9. The van der Waals surface area contributed by atoms with Crippen molar-refractivity contribution in [3.05, 3.63) is 47.3 Å². The van der Waals surface area contributed by atoms with Crippen molar-refractivity contribution in [2.45, 2.75) is 12.5 Å². The Morgan fingerprint density at radius 1 is 1.48 bits per heavy atom. The van der Waals surface area contributed by atoms with Crippen LogP contribution in [0.3, 0.4) is 0 Å². The van der Waals surface area contributed by atoms with Crippen molar-refractivity contribution in [2.24, 2.45) is 5.73 Å². The summed E-state index contributed by atoms with van der Waals surface area (Å²) < 4.78 is 10.00. The van der Waals surface area contributed by atoms with E-state index in [1.807, 2.05) is 6.08 Å². The summed E-state index contributed by atoms with van der Waals surface area (Å²) >= 11 is 0. The van der Waals surface area contributed by atoms with Crippen LogP contribution in [0.25, 0.3) is 5.57 Å². The number of rotatable bonds is 1. The van der Waals surface area contributed by atoms with Gasteiger partial charge in [0.25, 0.3) is 0 Å². The van der Waals surface area contributed by atoms with Gasteiger partial charge in [-0.05, 0) is 18.2 Å². The molecule has 0 radical (unpaired) electrons. The Bertz CT molecular complexity index is 754. The number of carbonyl (C=O) groups excluding carboxylic acids is 2. The molecule has 25 heavy (non-hydrogen) atoms. The van der Waals surface area contributed by atoms with E-state index in [4.69, 9.17) is 10.5 Å². The zero-order valence-electron chi connectivity index (χ0n) is 13.7. The Balaban J connectivity index is 1.81. The maximum atomic E-state index is 11.7. The number of amides is 2. The van der Waals surface area contributed by atoms with Gasteiger partial charge in [0.1, 0.15) is 5.82 Å². The summed E-state index contributed by atoms with van der Waals surface area (Å²) in [5.41, 5.74) is 9.17. The number of alkyl carbamates (subject to hydrolysis) is 1. The number of aromatic nitrogens is 2. The third-order valence-corrected chi connectivity index (χ3v) is 3.67. The highest BCUT2D eigenvalue weighted by Gasteiger charge is 2.32. The predicted molar refractivity (Wildman–Crippen MR) is 88.9 cm³/mol. The van der Waals surface area contributed by atoms with Gasteiger partial charge in [-0.15, -0.1) is 0 Å². The Kier molecular flexibility index (Phi) is 4.96. The lowest BCUT2D eigenvalue weighted by molar-refractivity contribution is -0.121. The number of ether oxygens (including phenoxy) is 2. The molecule has 0 spiro atoms. The molecular formula is C16H19N5O4. The highest BCUT2D eigenvalue weighted by molar-refractivity contribution is 5.97. The van der Waals surface area contributed by atoms with Gasteiger partial charge in [-0.2, -0.15) is 0 Å². The number of imidazole rings is 1. The van der Waals surface area contributed by atoms with Crippen molar-refractivity contribution in [3.63, 3.8) is 0 Å². The number of nitrogens with zero attached hydrogens (tertiary/aromatic N) is 1. The molecule has 1 aromatic rings. The van der Waals surface area contributed by atoms with Crippen LogP contribution in [0, 0.1) is 0 Å². The third-order valence-electron chi connectivity index (χ3n) is 3.67. The molecule has 0 fully saturated rings. The number of fused-ring (bicyclic) bond motifs is 9. The van der Waals surface area contributed by atoms with Gasteiger partial charge >= 0.3 is 6.09 Å². The lowest BCUT2D eigenvalue weighted by Crippen LogP contribution is -2.24. The molecular weight excluding hydrogens is 326 g/mol. The van der Waals surface area contributed by atoms with Crippen LogP contribution in [0.1, 0.15) is 29.7 Å². The van der Waals surface area contributed by atoms with E-state index in [-0.39, 0.29) is 31.6 Å². The minimum absolute atomic E-state index is 0.194. The molecule has 2 amide bonds. The number of nitrogens with one attached hydrogen (secondary N) is 3. The lowest BCUT2D eigenvalue weighted by Gasteiger charge is -2.10. The number of aromatic amines is 1. The fourth-order valence-electron chi connectivity index (χ4n) is 2.28. The monoisotopic (exact) mass is 345 g/mol. The van der Waals surface area contributed by atoms with E-state index in [0.717, 1.165) is 17.0 Å². The number of allylic oxidation sites excluding steroid dienone is 3. The van der Waals surface area contributed by atoms with Crippen LogP contribution >= 0.6 is 0 Å². The zero-order valence-corrected chi connectivity index (χ0v) is 13.7. The molecule has 0 unspecified atom stereocenters. The molecule has 9 nitrogen and oxygen atoms in total. The summed E-state index contributed by atoms with van der Waals surface area (Å²) in [6, 6.07) is -0.378. The molecule has 5 N–H and O–H groups in total. The second-order valence-electron chi connectivity index (χ2n) is 5.50. The molecule has 4 bridgehead atoms.